The molecule has 1 rings (SSSR count). The average molecular weight is 260 g/mol. The number of thiocarbonyl (C=S) groups is 1. The van der Waals surface area contributed by atoms with Crippen LogP contribution in [-0.4, -0.2) is 12.1 Å². The summed E-state index contributed by atoms with van der Waals surface area (Å²) in [4.78, 5) is 0.492. The molecule has 1 aromatic carbocycles. The zero-order valence-electron chi connectivity index (χ0n) is 7.21. The number of hydrogen-bond donors (Lipinski definition) is 1. The molecule has 4 heteroatoms. The Hall–Kier alpha value is -0.610. The monoisotopic (exact) mass is 259 g/mol. The molecule has 0 atom stereocenters. The van der Waals surface area contributed by atoms with E-state index in [2.05, 4.69) is 15.9 Å². The molecule has 0 unspecified atom stereocenters. The molecule has 0 saturated heterocycles. The van der Waals surface area contributed by atoms with Crippen LogP contribution in [0.1, 0.15) is 5.56 Å². The van der Waals surface area contributed by atoms with Gasteiger partial charge in [-0.1, -0.05) is 34.2 Å². The van der Waals surface area contributed by atoms with Crippen molar-refractivity contribution < 1.29 is 4.74 Å². The maximum absolute atomic E-state index is 5.44. The van der Waals surface area contributed by atoms with Crippen molar-refractivity contribution in [1.82, 2.24) is 0 Å². The van der Waals surface area contributed by atoms with Gasteiger partial charge in [0.25, 0.3) is 0 Å². The summed E-state index contributed by atoms with van der Waals surface area (Å²) in [6, 6.07) is 5.73. The van der Waals surface area contributed by atoms with Crippen LogP contribution in [0.4, 0.5) is 0 Å². The van der Waals surface area contributed by atoms with Gasteiger partial charge in [-0.25, -0.2) is 0 Å². The smallest absolute Gasteiger partial charge is 0.120 e. The first kappa shape index (κ1) is 10.5. The molecule has 0 saturated carbocycles. The van der Waals surface area contributed by atoms with E-state index in [0.29, 0.717) is 11.4 Å². The van der Waals surface area contributed by atoms with Crippen LogP contribution in [0.3, 0.4) is 0 Å². The number of rotatable bonds is 3. The number of nitrogens with two attached hydrogens (primary N) is 1. The topological polar surface area (TPSA) is 35.2 Å². The van der Waals surface area contributed by atoms with Gasteiger partial charge < -0.3 is 10.5 Å². The van der Waals surface area contributed by atoms with Crippen LogP contribution in [0.2, 0.25) is 0 Å². The molecule has 0 aliphatic rings. The number of benzene rings is 1. The highest BCUT2D eigenvalue weighted by Crippen LogP contribution is 2.23. The lowest BCUT2D eigenvalue weighted by atomic mass is 10.1. The minimum absolute atomic E-state index is 0.492. The molecule has 0 spiro atoms. The van der Waals surface area contributed by atoms with Crippen LogP contribution in [-0.2, 0) is 6.42 Å². The number of hydrogen-bond acceptors (Lipinski definition) is 2. The van der Waals surface area contributed by atoms with Crippen molar-refractivity contribution in [3.8, 4) is 5.75 Å². The molecule has 0 fully saturated rings. The predicted molar refractivity (Wildman–Crippen MR) is 61.2 cm³/mol. The molecular weight excluding hydrogens is 250 g/mol. The van der Waals surface area contributed by atoms with Gasteiger partial charge in [-0.05, 0) is 17.7 Å². The molecule has 0 heterocycles. The van der Waals surface area contributed by atoms with E-state index in [1.54, 1.807) is 7.11 Å². The van der Waals surface area contributed by atoms with Crippen molar-refractivity contribution in [3.63, 3.8) is 0 Å². The van der Waals surface area contributed by atoms with Gasteiger partial charge in [0.2, 0.25) is 0 Å². The first-order valence-corrected chi connectivity index (χ1v) is 4.94. The lowest BCUT2D eigenvalue weighted by molar-refractivity contribution is 0.414. The Labute approximate surface area is 91.2 Å². The fraction of sp³-hybridized carbons (Fsp3) is 0.222. The first-order chi connectivity index (χ1) is 6.13. The Morgan fingerprint density at radius 2 is 2.31 bits per heavy atom. The second kappa shape index (κ2) is 4.58. The summed E-state index contributed by atoms with van der Waals surface area (Å²) in [6.45, 7) is 0. The van der Waals surface area contributed by atoms with Crippen molar-refractivity contribution >= 4 is 33.1 Å². The SMILES string of the molecule is COc1ccc(CC(N)=S)c(Br)c1. The van der Waals surface area contributed by atoms with Gasteiger partial charge in [0.1, 0.15) is 5.75 Å². The minimum Gasteiger partial charge on any atom is -0.497 e. The van der Waals surface area contributed by atoms with Gasteiger partial charge in [-0.2, -0.15) is 0 Å². The van der Waals surface area contributed by atoms with Crippen LogP contribution in [0, 0.1) is 0 Å². The molecule has 0 amide bonds. The van der Waals surface area contributed by atoms with E-state index in [0.717, 1.165) is 15.8 Å². The molecule has 2 nitrogen and oxygen atoms in total. The third-order valence-corrected chi connectivity index (χ3v) is 2.51. The fourth-order valence-electron chi connectivity index (χ4n) is 0.986. The van der Waals surface area contributed by atoms with Gasteiger partial charge in [-0.15, -0.1) is 0 Å². The molecule has 13 heavy (non-hydrogen) atoms. The van der Waals surface area contributed by atoms with Gasteiger partial charge in [-0.3, -0.25) is 0 Å². The summed E-state index contributed by atoms with van der Waals surface area (Å²) in [5.74, 6) is 0.818. The summed E-state index contributed by atoms with van der Waals surface area (Å²) >= 11 is 8.25. The third-order valence-electron chi connectivity index (χ3n) is 1.62. The van der Waals surface area contributed by atoms with Crippen LogP contribution < -0.4 is 10.5 Å². The normalized spacial score (nSPS) is 9.69. The van der Waals surface area contributed by atoms with E-state index in [1.807, 2.05) is 18.2 Å². The standard InChI is InChI=1S/C9H10BrNOS/c1-12-7-3-2-6(4-9(11)13)8(10)5-7/h2-3,5H,4H2,1H3,(H2,11,13). The second-order valence-corrected chi connectivity index (χ2v) is 3.98. The van der Waals surface area contributed by atoms with Gasteiger partial charge in [0, 0.05) is 10.9 Å². The molecule has 0 radical (unpaired) electrons. The quantitative estimate of drug-likeness (QED) is 0.847. The Kier molecular flexibility index (Phi) is 3.69. The lowest BCUT2D eigenvalue weighted by Crippen LogP contribution is -2.11. The fourth-order valence-corrected chi connectivity index (χ4v) is 1.64. The highest BCUT2D eigenvalue weighted by atomic mass is 79.9. The number of ether oxygens (including phenoxy) is 1. The molecule has 1 aromatic rings. The zero-order valence-corrected chi connectivity index (χ0v) is 9.61. The largest absolute Gasteiger partial charge is 0.497 e. The Morgan fingerprint density at radius 1 is 1.62 bits per heavy atom. The molecule has 70 valence electrons. The van der Waals surface area contributed by atoms with Crippen molar-refractivity contribution in [3.05, 3.63) is 28.2 Å². The van der Waals surface area contributed by atoms with E-state index in [1.165, 1.54) is 0 Å². The lowest BCUT2D eigenvalue weighted by Gasteiger charge is -2.05. The second-order valence-electron chi connectivity index (χ2n) is 2.60. The number of halogens is 1. The van der Waals surface area contributed by atoms with Crippen LogP contribution in [0.5, 0.6) is 5.75 Å². The van der Waals surface area contributed by atoms with Crippen molar-refractivity contribution in [2.75, 3.05) is 7.11 Å². The van der Waals surface area contributed by atoms with Crippen LogP contribution >= 0.6 is 28.1 Å². The maximum atomic E-state index is 5.44. The first-order valence-electron chi connectivity index (χ1n) is 3.74. The van der Waals surface area contributed by atoms with E-state index in [-0.39, 0.29) is 0 Å². The van der Waals surface area contributed by atoms with E-state index in [9.17, 15) is 0 Å². The zero-order chi connectivity index (χ0) is 9.84. The highest BCUT2D eigenvalue weighted by Gasteiger charge is 2.02. The Morgan fingerprint density at radius 3 is 2.77 bits per heavy atom. The van der Waals surface area contributed by atoms with Crippen LogP contribution in [0.25, 0.3) is 0 Å². The maximum Gasteiger partial charge on any atom is 0.120 e. The molecule has 2 N–H and O–H groups in total. The molecular formula is C9H10BrNOS. The Balaban J connectivity index is 2.91. The average Bonchev–Trinajstić information content (AvgIpc) is 2.08. The van der Waals surface area contributed by atoms with Crippen molar-refractivity contribution in [2.24, 2.45) is 5.73 Å². The van der Waals surface area contributed by atoms with E-state index >= 15 is 0 Å². The van der Waals surface area contributed by atoms with E-state index in [4.69, 9.17) is 22.7 Å². The van der Waals surface area contributed by atoms with E-state index < -0.39 is 0 Å². The third kappa shape index (κ3) is 2.97. The summed E-state index contributed by atoms with van der Waals surface area (Å²) in [6.07, 6.45) is 0.611. The van der Waals surface area contributed by atoms with Gasteiger partial charge in [0.05, 0.1) is 12.1 Å². The summed E-state index contributed by atoms with van der Waals surface area (Å²) < 4.78 is 6.03. The van der Waals surface area contributed by atoms with Crippen molar-refractivity contribution in [2.45, 2.75) is 6.42 Å². The minimum atomic E-state index is 0.492. The van der Waals surface area contributed by atoms with Gasteiger partial charge >= 0.3 is 0 Å². The molecule has 0 aliphatic heterocycles. The highest BCUT2D eigenvalue weighted by molar-refractivity contribution is 9.10. The molecule has 0 bridgehead atoms. The summed E-state index contributed by atoms with van der Waals surface area (Å²) in [5.41, 5.74) is 6.52. The predicted octanol–water partition coefficient (Wildman–Crippen LogP) is 2.29. The summed E-state index contributed by atoms with van der Waals surface area (Å²) in [5, 5.41) is 0. The van der Waals surface area contributed by atoms with Crippen LogP contribution in [0.15, 0.2) is 22.7 Å². The Bertz CT molecular complexity index is 327. The summed E-state index contributed by atoms with van der Waals surface area (Å²) in [7, 11) is 1.63. The van der Waals surface area contributed by atoms with Crippen molar-refractivity contribution in [1.29, 1.82) is 0 Å². The van der Waals surface area contributed by atoms with Gasteiger partial charge in [0.15, 0.2) is 0 Å². The molecule has 0 aromatic heterocycles. The number of methoxy groups -OCH3 is 1. The molecule has 0 aliphatic carbocycles.